The van der Waals surface area contributed by atoms with Crippen molar-refractivity contribution in [2.45, 2.75) is 12.3 Å². The number of ether oxygens (including phenoxy) is 3. The van der Waals surface area contributed by atoms with E-state index in [9.17, 15) is 14.4 Å². The topological polar surface area (TPSA) is 78.9 Å². The van der Waals surface area contributed by atoms with Gasteiger partial charge in [-0.05, 0) is 29.8 Å². The lowest BCUT2D eigenvalue weighted by atomic mass is 9.81. The van der Waals surface area contributed by atoms with E-state index in [4.69, 9.17) is 14.2 Å². The molecule has 0 saturated carbocycles. The predicted molar refractivity (Wildman–Crippen MR) is 98.6 cm³/mol. The van der Waals surface area contributed by atoms with Crippen molar-refractivity contribution < 1.29 is 28.6 Å². The average molecular weight is 370 g/mol. The SMILES string of the molecule is COC(=O)C(C(=O)OC)[C@H](CC(=O)c1ccc(OC)cc1)c1ccccc1. The summed E-state index contributed by atoms with van der Waals surface area (Å²) in [7, 11) is 3.94. The van der Waals surface area contributed by atoms with Gasteiger partial charge in [-0.3, -0.25) is 14.4 Å². The molecule has 0 fully saturated rings. The molecular formula is C21H22O6. The molecule has 0 spiro atoms. The van der Waals surface area contributed by atoms with Crippen molar-refractivity contribution in [2.24, 2.45) is 5.92 Å². The van der Waals surface area contributed by atoms with E-state index in [1.165, 1.54) is 14.2 Å². The van der Waals surface area contributed by atoms with Crippen LogP contribution in [0.3, 0.4) is 0 Å². The number of carbonyl (C=O) groups is 3. The molecular weight excluding hydrogens is 348 g/mol. The van der Waals surface area contributed by atoms with Gasteiger partial charge in [0.15, 0.2) is 11.7 Å². The minimum atomic E-state index is -1.23. The Morgan fingerprint density at radius 2 is 1.37 bits per heavy atom. The number of methoxy groups -OCH3 is 3. The molecule has 2 aromatic rings. The molecule has 0 unspecified atom stereocenters. The highest BCUT2D eigenvalue weighted by molar-refractivity contribution is 6.00. The summed E-state index contributed by atoms with van der Waals surface area (Å²) in [6, 6.07) is 15.6. The van der Waals surface area contributed by atoms with E-state index in [1.54, 1.807) is 55.6 Å². The molecule has 2 rings (SSSR count). The van der Waals surface area contributed by atoms with Gasteiger partial charge in [0.2, 0.25) is 0 Å². The maximum Gasteiger partial charge on any atom is 0.320 e. The number of benzene rings is 2. The van der Waals surface area contributed by atoms with E-state index in [1.807, 2.05) is 6.07 Å². The van der Waals surface area contributed by atoms with Crippen molar-refractivity contribution in [3.05, 3.63) is 65.7 Å². The fourth-order valence-electron chi connectivity index (χ4n) is 2.90. The van der Waals surface area contributed by atoms with Crippen molar-refractivity contribution in [3.63, 3.8) is 0 Å². The average Bonchev–Trinajstić information content (AvgIpc) is 2.73. The zero-order valence-corrected chi connectivity index (χ0v) is 15.5. The molecule has 27 heavy (non-hydrogen) atoms. The van der Waals surface area contributed by atoms with Gasteiger partial charge in [0, 0.05) is 17.9 Å². The summed E-state index contributed by atoms with van der Waals surface area (Å²) in [6.45, 7) is 0. The van der Waals surface area contributed by atoms with Crippen LogP contribution in [0.15, 0.2) is 54.6 Å². The number of Topliss-reactive ketones (excluding diaryl/α,β-unsaturated/α-hetero) is 1. The van der Waals surface area contributed by atoms with Gasteiger partial charge < -0.3 is 14.2 Å². The second-order valence-electron chi connectivity index (χ2n) is 5.90. The third kappa shape index (κ3) is 4.94. The van der Waals surface area contributed by atoms with Crippen LogP contribution in [0.25, 0.3) is 0 Å². The molecule has 0 N–H and O–H groups in total. The van der Waals surface area contributed by atoms with E-state index in [-0.39, 0.29) is 12.2 Å². The van der Waals surface area contributed by atoms with Crippen LogP contribution in [0.2, 0.25) is 0 Å². The van der Waals surface area contributed by atoms with Crippen LogP contribution >= 0.6 is 0 Å². The molecule has 0 heterocycles. The van der Waals surface area contributed by atoms with E-state index >= 15 is 0 Å². The Hall–Kier alpha value is -3.15. The summed E-state index contributed by atoms with van der Waals surface area (Å²) in [5.74, 6) is -2.99. The van der Waals surface area contributed by atoms with Gasteiger partial charge in [-0.1, -0.05) is 30.3 Å². The summed E-state index contributed by atoms with van der Waals surface area (Å²) in [4.78, 5) is 37.4. The van der Waals surface area contributed by atoms with Gasteiger partial charge in [0.25, 0.3) is 0 Å². The summed E-state index contributed by atoms with van der Waals surface area (Å²) in [5.41, 5.74) is 1.14. The Morgan fingerprint density at radius 1 is 0.815 bits per heavy atom. The standard InChI is InChI=1S/C21H22O6/c1-25-16-11-9-15(10-12-16)18(22)13-17(14-7-5-4-6-8-14)19(20(23)26-2)21(24)27-3/h4-12,17,19H,13H2,1-3H3/t17-/m1/s1. The van der Waals surface area contributed by atoms with Gasteiger partial charge in [0.1, 0.15) is 5.75 Å². The Bertz CT molecular complexity index is 766. The van der Waals surface area contributed by atoms with Gasteiger partial charge >= 0.3 is 11.9 Å². The van der Waals surface area contributed by atoms with E-state index in [0.29, 0.717) is 16.9 Å². The maximum atomic E-state index is 12.8. The molecule has 0 aliphatic heterocycles. The van der Waals surface area contributed by atoms with Gasteiger partial charge in [-0.15, -0.1) is 0 Å². The largest absolute Gasteiger partial charge is 0.497 e. The van der Waals surface area contributed by atoms with Crippen LogP contribution in [0.1, 0.15) is 28.3 Å². The monoisotopic (exact) mass is 370 g/mol. The second-order valence-corrected chi connectivity index (χ2v) is 5.90. The molecule has 6 heteroatoms. The minimum Gasteiger partial charge on any atom is -0.497 e. The lowest BCUT2D eigenvalue weighted by molar-refractivity contribution is -0.159. The molecule has 0 saturated heterocycles. The quantitative estimate of drug-likeness (QED) is 0.404. The Kier molecular flexibility index (Phi) is 7.11. The number of carbonyl (C=O) groups excluding carboxylic acids is 3. The van der Waals surface area contributed by atoms with Crippen molar-refractivity contribution >= 4 is 17.7 Å². The van der Waals surface area contributed by atoms with Crippen molar-refractivity contribution in [3.8, 4) is 5.75 Å². The van der Waals surface area contributed by atoms with Crippen LogP contribution in [0, 0.1) is 5.92 Å². The number of hydrogen-bond donors (Lipinski definition) is 0. The Morgan fingerprint density at radius 3 is 1.85 bits per heavy atom. The van der Waals surface area contributed by atoms with Crippen LogP contribution < -0.4 is 4.74 Å². The molecule has 6 nitrogen and oxygen atoms in total. The van der Waals surface area contributed by atoms with Crippen molar-refractivity contribution in [1.29, 1.82) is 0 Å². The zero-order valence-electron chi connectivity index (χ0n) is 15.5. The summed E-state index contributed by atoms with van der Waals surface area (Å²) < 4.78 is 14.7. The van der Waals surface area contributed by atoms with Gasteiger partial charge in [0.05, 0.1) is 21.3 Å². The lowest BCUT2D eigenvalue weighted by Gasteiger charge is -2.23. The van der Waals surface area contributed by atoms with Crippen LogP contribution in [-0.2, 0) is 19.1 Å². The zero-order chi connectivity index (χ0) is 19.8. The molecule has 1 atom stereocenters. The summed E-state index contributed by atoms with van der Waals surface area (Å²) >= 11 is 0. The normalized spacial score (nSPS) is 11.6. The van der Waals surface area contributed by atoms with Gasteiger partial charge in [-0.2, -0.15) is 0 Å². The highest BCUT2D eigenvalue weighted by atomic mass is 16.5. The first-order chi connectivity index (χ1) is 13.0. The van der Waals surface area contributed by atoms with Crippen LogP contribution in [0.5, 0.6) is 5.75 Å². The molecule has 0 bridgehead atoms. The number of ketones is 1. The van der Waals surface area contributed by atoms with E-state index in [2.05, 4.69) is 0 Å². The first-order valence-corrected chi connectivity index (χ1v) is 8.39. The summed E-state index contributed by atoms with van der Waals surface area (Å²) in [5, 5.41) is 0. The molecule has 2 aromatic carbocycles. The van der Waals surface area contributed by atoms with Gasteiger partial charge in [-0.25, -0.2) is 0 Å². The highest BCUT2D eigenvalue weighted by Gasteiger charge is 2.39. The fourth-order valence-corrected chi connectivity index (χ4v) is 2.90. The third-order valence-electron chi connectivity index (χ3n) is 4.36. The first-order valence-electron chi connectivity index (χ1n) is 8.39. The van der Waals surface area contributed by atoms with Crippen LogP contribution in [-0.4, -0.2) is 39.1 Å². The molecule has 0 amide bonds. The van der Waals surface area contributed by atoms with Crippen LogP contribution in [0.4, 0.5) is 0 Å². The lowest BCUT2D eigenvalue weighted by Crippen LogP contribution is -2.33. The number of esters is 2. The molecule has 0 radical (unpaired) electrons. The molecule has 0 aromatic heterocycles. The fraction of sp³-hybridized carbons (Fsp3) is 0.286. The third-order valence-corrected chi connectivity index (χ3v) is 4.36. The number of hydrogen-bond acceptors (Lipinski definition) is 6. The Labute approximate surface area is 158 Å². The minimum absolute atomic E-state index is 0.0504. The van der Waals surface area contributed by atoms with E-state index < -0.39 is 23.8 Å². The smallest absolute Gasteiger partial charge is 0.320 e. The van der Waals surface area contributed by atoms with E-state index in [0.717, 1.165) is 0 Å². The number of rotatable bonds is 8. The molecule has 0 aliphatic rings. The van der Waals surface area contributed by atoms with Crippen molar-refractivity contribution in [1.82, 2.24) is 0 Å². The maximum absolute atomic E-state index is 12.8. The molecule has 0 aliphatic carbocycles. The second kappa shape index (κ2) is 9.52. The van der Waals surface area contributed by atoms with Crippen molar-refractivity contribution in [2.75, 3.05) is 21.3 Å². The Balaban J connectivity index is 2.38. The summed E-state index contributed by atoms with van der Waals surface area (Å²) in [6.07, 6.45) is -0.0504. The highest BCUT2D eigenvalue weighted by Crippen LogP contribution is 2.32. The predicted octanol–water partition coefficient (Wildman–Crippen LogP) is 3.01. The first kappa shape index (κ1) is 20.2. The molecule has 142 valence electrons.